The zero-order valence-electron chi connectivity index (χ0n) is 29.2. The Morgan fingerprint density at radius 3 is 1.30 bits per heavy atom. The van der Waals surface area contributed by atoms with Crippen molar-refractivity contribution in [3.05, 3.63) is 71.8 Å². The van der Waals surface area contributed by atoms with Gasteiger partial charge in [-0.15, -0.1) is 0 Å². The largest absolute Gasteiger partial charge is 0.392 e. The lowest BCUT2D eigenvalue weighted by Gasteiger charge is -2.49. The molecule has 0 heterocycles. The molecule has 2 aromatic rings. The highest BCUT2D eigenvalue weighted by atomic mass is 16.5. The molecule has 4 saturated carbocycles. The monoisotopic (exact) mass is 650 g/mol. The molecular formula is C41H62O6. The van der Waals surface area contributed by atoms with Gasteiger partial charge in [0.1, 0.15) is 0 Å². The summed E-state index contributed by atoms with van der Waals surface area (Å²) in [5, 5.41) is 43.0. The Bertz CT molecular complexity index is 1140. The van der Waals surface area contributed by atoms with Gasteiger partial charge >= 0.3 is 0 Å². The number of benzene rings is 2. The third-order valence-corrected chi connectivity index (χ3v) is 12.2. The molecule has 0 bridgehead atoms. The molecule has 6 rings (SSSR count). The van der Waals surface area contributed by atoms with Crippen molar-refractivity contribution >= 4 is 0 Å². The van der Waals surface area contributed by atoms with E-state index in [0.29, 0.717) is 17.9 Å². The van der Waals surface area contributed by atoms with E-state index in [2.05, 4.69) is 13.8 Å². The summed E-state index contributed by atoms with van der Waals surface area (Å²) in [6.07, 6.45) is 10.9. The Morgan fingerprint density at radius 2 is 0.957 bits per heavy atom. The summed E-state index contributed by atoms with van der Waals surface area (Å²) in [4.78, 5) is 0. The highest BCUT2D eigenvalue weighted by molar-refractivity contribution is 5.25. The van der Waals surface area contributed by atoms with Gasteiger partial charge in [0.05, 0.1) is 30.5 Å². The highest BCUT2D eigenvalue weighted by Gasteiger charge is 2.48. The predicted molar refractivity (Wildman–Crippen MR) is 187 cm³/mol. The molecule has 4 aliphatic carbocycles. The first kappa shape index (κ1) is 36.5. The van der Waals surface area contributed by atoms with Crippen molar-refractivity contribution in [2.45, 2.75) is 140 Å². The summed E-state index contributed by atoms with van der Waals surface area (Å²) < 4.78 is 11.3. The average molecular weight is 651 g/mol. The second-order valence-corrected chi connectivity index (χ2v) is 15.9. The van der Waals surface area contributed by atoms with E-state index in [1.807, 2.05) is 67.6 Å². The van der Waals surface area contributed by atoms with Crippen molar-refractivity contribution < 1.29 is 29.9 Å². The van der Waals surface area contributed by atoms with Crippen LogP contribution in [0, 0.1) is 22.7 Å². The fraction of sp³-hybridized carbons (Fsp3) is 0.707. The maximum atomic E-state index is 10.8. The number of aliphatic hydroxyl groups is 4. The lowest BCUT2D eigenvalue weighted by atomic mass is 9.59. The maximum Gasteiger partial charge on any atom is 0.0638 e. The van der Waals surface area contributed by atoms with Gasteiger partial charge in [-0.25, -0.2) is 0 Å². The zero-order chi connectivity index (χ0) is 33.4. The van der Waals surface area contributed by atoms with Crippen LogP contribution in [-0.4, -0.2) is 70.8 Å². The quantitative estimate of drug-likeness (QED) is 0.238. The Labute approximate surface area is 283 Å². The fourth-order valence-electron chi connectivity index (χ4n) is 9.54. The minimum atomic E-state index is -0.445. The lowest BCUT2D eigenvalue weighted by molar-refractivity contribution is -0.0730. The van der Waals surface area contributed by atoms with E-state index in [1.54, 1.807) is 0 Å². The van der Waals surface area contributed by atoms with Crippen LogP contribution in [0.15, 0.2) is 60.7 Å². The Balaban J connectivity index is 0.000000185. The van der Waals surface area contributed by atoms with Crippen molar-refractivity contribution in [1.82, 2.24) is 0 Å². The average Bonchev–Trinajstić information content (AvgIpc) is 3.05. The number of hydrogen-bond donors (Lipinski definition) is 4. The van der Waals surface area contributed by atoms with Crippen LogP contribution < -0.4 is 0 Å². The summed E-state index contributed by atoms with van der Waals surface area (Å²) >= 11 is 0. The van der Waals surface area contributed by atoms with Crippen molar-refractivity contribution in [3.63, 3.8) is 0 Å². The number of aliphatic hydroxyl groups excluding tert-OH is 4. The molecule has 2 aromatic carbocycles. The molecule has 47 heavy (non-hydrogen) atoms. The smallest absolute Gasteiger partial charge is 0.0638 e. The van der Waals surface area contributed by atoms with Crippen LogP contribution in [-0.2, 0) is 9.47 Å². The van der Waals surface area contributed by atoms with E-state index in [9.17, 15) is 20.4 Å². The van der Waals surface area contributed by atoms with E-state index in [4.69, 9.17) is 9.47 Å². The highest BCUT2D eigenvalue weighted by Crippen LogP contribution is 2.53. The van der Waals surface area contributed by atoms with Gasteiger partial charge in [-0.1, -0.05) is 60.7 Å². The maximum absolute atomic E-state index is 10.8. The molecule has 4 unspecified atom stereocenters. The van der Waals surface area contributed by atoms with Gasteiger partial charge in [-0.3, -0.25) is 0 Å². The summed E-state index contributed by atoms with van der Waals surface area (Å²) in [6.45, 7) is 8.72. The first-order valence-electron chi connectivity index (χ1n) is 18.6. The molecule has 262 valence electrons. The van der Waals surface area contributed by atoms with Crippen LogP contribution in [0.4, 0.5) is 0 Å². The van der Waals surface area contributed by atoms with Gasteiger partial charge < -0.3 is 29.9 Å². The summed E-state index contributed by atoms with van der Waals surface area (Å²) in [5.41, 5.74) is 2.38. The van der Waals surface area contributed by atoms with Gasteiger partial charge in [-0.2, -0.15) is 0 Å². The van der Waals surface area contributed by atoms with Crippen LogP contribution in [0.2, 0.25) is 0 Å². The van der Waals surface area contributed by atoms with Crippen molar-refractivity contribution in [3.8, 4) is 0 Å². The van der Waals surface area contributed by atoms with E-state index >= 15 is 0 Å². The van der Waals surface area contributed by atoms with Crippen LogP contribution >= 0.6 is 0 Å². The Kier molecular flexibility index (Phi) is 13.0. The second-order valence-electron chi connectivity index (χ2n) is 15.9. The molecule has 0 amide bonds. The van der Waals surface area contributed by atoms with E-state index in [-0.39, 0.29) is 22.7 Å². The standard InChI is InChI=1S/C21H32O3.C20H30O3/c1-15(2)24-14-16-8-10-21(11-9-16)12-18(22)20(19(23)13-21)17-6-4-3-5-7-17;1-2-23-14-15-8-10-20(11-9-15)12-17(21)19(18(22)13-20)16-6-4-3-5-7-16/h3-7,15-16,18-20,22-23H,8-14H2,1-2H3;3-7,15,17-19,21-22H,2,8-14H2,1H3. The van der Waals surface area contributed by atoms with Crippen molar-refractivity contribution in [1.29, 1.82) is 0 Å². The zero-order valence-corrected chi connectivity index (χ0v) is 29.2. The molecule has 2 spiro atoms. The first-order valence-corrected chi connectivity index (χ1v) is 18.6. The molecule has 4 aliphatic rings. The normalized spacial score (nSPS) is 37.4. The predicted octanol–water partition coefficient (Wildman–Crippen LogP) is 7.39. The third kappa shape index (κ3) is 9.46. The van der Waals surface area contributed by atoms with Crippen LogP contribution in [0.3, 0.4) is 0 Å². The topological polar surface area (TPSA) is 99.4 Å². The lowest BCUT2D eigenvalue weighted by Crippen LogP contribution is -2.46. The third-order valence-electron chi connectivity index (χ3n) is 12.2. The van der Waals surface area contributed by atoms with Crippen LogP contribution in [0.1, 0.15) is 121 Å². The summed E-state index contributed by atoms with van der Waals surface area (Å²) in [7, 11) is 0. The summed E-state index contributed by atoms with van der Waals surface area (Å²) in [6, 6.07) is 20.0. The first-order chi connectivity index (χ1) is 22.6. The Hall–Kier alpha value is -1.80. The van der Waals surface area contributed by atoms with E-state index < -0.39 is 24.4 Å². The molecule has 6 nitrogen and oxygen atoms in total. The second kappa shape index (κ2) is 16.7. The summed E-state index contributed by atoms with van der Waals surface area (Å²) in [5.74, 6) is 1.02. The minimum absolute atomic E-state index is 0.123. The van der Waals surface area contributed by atoms with Gasteiger partial charge in [-0.05, 0) is 132 Å². The minimum Gasteiger partial charge on any atom is -0.392 e. The van der Waals surface area contributed by atoms with Crippen LogP contribution in [0.25, 0.3) is 0 Å². The number of hydrogen-bond acceptors (Lipinski definition) is 6. The molecule has 4 atom stereocenters. The molecule has 0 saturated heterocycles. The van der Waals surface area contributed by atoms with Gasteiger partial charge in [0.2, 0.25) is 0 Å². The number of ether oxygens (including phenoxy) is 2. The molecule has 4 N–H and O–H groups in total. The van der Waals surface area contributed by atoms with E-state index in [0.717, 1.165) is 108 Å². The van der Waals surface area contributed by atoms with E-state index in [1.165, 1.54) is 0 Å². The van der Waals surface area contributed by atoms with Gasteiger partial charge in [0.25, 0.3) is 0 Å². The molecule has 4 fully saturated rings. The molecule has 6 heteroatoms. The Morgan fingerprint density at radius 1 is 0.596 bits per heavy atom. The SMILES string of the molecule is CC(C)OCC1CCC2(CC1)CC(O)C(c1ccccc1)C(O)C2.CCOCC1CCC2(CC1)CC(O)C(c1ccccc1)C(O)C2. The fourth-order valence-corrected chi connectivity index (χ4v) is 9.54. The van der Waals surface area contributed by atoms with Gasteiger partial charge in [0, 0.05) is 31.7 Å². The van der Waals surface area contributed by atoms with Crippen LogP contribution in [0.5, 0.6) is 0 Å². The number of rotatable bonds is 8. The molecule has 0 aliphatic heterocycles. The molecular weight excluding hydrogens is 588 g/mol. The molecule has 0 aromatic heterocycles. The van der Waals surface area contributed by atoms with Gasteiger partial charge in [0.15, 0.2) is 0 Å². The van der Waals surface area contributed by atoms with Crippen molar-refractivity contribution in [2.75, 3.05) is 19.8 Å². The molecule has 0 radical (unpaired) electrons. The van der Waals surface area contributed by atoms with Crippen molar-refractivity contribution in [2.24, 2.45) is 22.7 Å².